The van der Waals surface area contributed by atoms with Gasteiger partial charge in [0.1, 0.15) is 18.2 Å². The average Bonchev–Trinajstić information content (AvgIpc) is 3.42. The fourth-order valence-corrected chi connectivity index (χ4v) is 4.69. The van der Waals surface area contributed by atoms with E-state index in [1.54, 1.807) is 9.20 Å². The van der Waals surface area contributed by atoms with Gasteiger partial charge >= 0.3 is 0 Å². The number of rotatable bonds is 5. The molecule has 1 atom stereocenters. The highest BCUT2D eigenvalue weighted by molar-refractivity contribution is 6.30. The van der Waals surface area contributed by atoms with Gasteiger partial charge in [-0.3, -0.25) is 4.79 Å². The maximum absolute atomic E-state index is 12.8. The lowest BCUT2D eigenvalue weighted by molar-refractivity contribution is -0.116. The van der Waals surface area contributed by atoms with Crippen LogP contribution in [0, 0.1) is 13.8 Å². The molecule has 0 saturated heterocycles. The van der Waals surface area contributed by atoms with Crippen LogP contribution in [0.3, 0.4) is 0 Å². The third-order valence-corrected chi connectivity index (χ3v) is 6.56. The number of anilines is 1. The fourth-order valence-electron chi connectivity index (χ4n) is 4.57. The van der Waals surface area contributed by atoms with Crippen molar-refractivity contribution in [1.29, 1.82) is 0 Å². The van der Waals surface area contributed by atoms with Gasteiger partial charge in [-0.05, 0) is 61.4 Å². The molecular formula is C26H22ClN7O2. The minimum atomic E-state index is -0.165. The van der Waals surface area contributed by atoms with Crippen LogP contribution in [0.5, 0.6) is 5.75 Å². The highest BCUT2D eigenvalue weighted by Gasteiger charge is 2.33. The van der Waals surface area contributed by atoms with E-state index in [0.29, 0.717) is 41.2 Å². The summed E-state index contributed by atoms with van der Waals surface area (Å²) in [5.74, 6) is 2.34. The molecule has 9 nitrogen and oxygen atoms in total. The summed E-state index contributed by atoms with van der Waals surface area (Å²) in [6.45, 7) is 4.20. The largest absolute Gasteiger partial charge is 0.489 e. The summed E-state index contributed by atoms with van der Waals surface area (Å²) < 4.78 is 9.37. The first-order valence-electron chi connectivity index (χ1n) is 11.5. The molecule has 1 amide bonds. The molecule has 1 N–H and O–H groups in total. The second kappa shape index (κ2) is 8.76. The van der Waals surface area contributed by atoms with Crippen molar-refractivity contribution in [3.8, 4) is 11.6 Å². The monoisotopic (exact) mass is 499 g/mol. The van der Waals surface area contributed by atoms with E-state index in [4.69, 9.17) is 21.4 Å². The van der Waals surface area contributed by atoms with Crippen molar-refractivity contribution < 1.29 is 9.53 Å². The van der Waals surface area contributed by atoms with E-state index in [1.807, 2.05) is 74.5 Å². The summed E-state index contributed by atoms with van der Waals surface area (Å²) in [4.78, 5) is 12.8. The number of nitrogens with one attached hydrogen (secondary N) is 1. The Morgan fingerprint density at radius 3 is 2.72 bits per heavy atom. The first-order chi connectivity index (χ1) is 17.5. The van der Waals surface area contributed by atoms with Gasteiger partial charge in [0.2, 0.25) is 5.91 Å². The maximum atomic E-state index is 12.8. The minimum absolute atomic E-state index is 0.0808. The summed E-state index contributed by atoms with van der Waals surface area (Å²) >= 11 is 5.98. The van der Waals surface area contributed by atoms with Gasteiger partial charge in [-0.15, -0.1) is 15.3 Å². The molecule has 4 heterocycles. The SMILES string of the molecule is Cc1nn(-c2ccc3nnc(C)n3n2)c2c1[C@H](c1cccc(OCc3ccc(Cl)cc3)c1)CC(=O)N2. The minimum Gasteiger partial charge on any atom is -0.489 e. The van der Waals surface area contributed by atoms with Gasteiger partial charge in [-0.2, -0.15) is 14.3 Å². The standard InChI is InChI=1S/C26H22ClN7O2/c1-15-25-21(18-4-3-5-20(12-18)36-14-17-6-8-19(27)9-7-17)13-24(35)28-26(25)34(31-15)23-11-10-22-30-29-16(2)33(22)32-23/h3-12,21H,13-14H2,1-2H3,(H,28,35)/t21-/m0/s1. The molecule has 0 bridgehead atoms. The lowest BCUT2D eigenvalue weighted by Crippen LogP contribution is -2.25. The third-order valence-electron chi connectivity index (χ3n) is 6.30. The Bertz CT molecular complexity index is 1610. The Morgan fingerprint density at radius 1 is 1.06 bits per heavy atom. The summed E-state index contributed by atoms with van der Waals surface area (Å²) in [5.41, 5.74) is 4.44. The van der Waals surface area contributed by atoms with E-state index in [2.05, 4.69) is 20.6 Å². The number of aromatic nitrogens is 6. The predicted octanol–water partition coefficient (Wildman–Crippen LogP) is 4.63. The number of amides is 1. The summed E-state index contributed by atoms with van der Waals surface area (Å²) in [5, 5.41) is 21.2. The van der Waals surface area contributed by atoms with E-state index in [-0.39, 0.29) is 11.8 Å². The second-order valence-corrected chi connectivity index (χ2v) is 9.20. The average molecular weight is 500 g/mol. The summed E-state index contributed by atoms with van der Waals surface area (Å²) in [7, 11) is 0. The molecule has 0 unspecified atom stereocenters. The third kappa shape index (κ3) is 3.97. The van der Waals surface area contributed by atoms with Crippen molar-refractivity contribution in [2.24, 2.45) is 0 Å². The zero-order chi connectivity index (χ0) is 24.8. The maximum Gasteiger partial charge on any atom is 0.226 e. The van der Waals surface area contributed by atoms with Crippen LogP contribution in [0.15, 0.2) is 60.7 Å². The zero-order valence-electron chi connectivity index (χ0n) is 19.6. The number of carbonyl (C=O) groups excluding carboxylic acids is 1. The van der Waals surface area contributed by atoms with E-state index in [9.17, 15) is 4.79 Å². The molecule has 1 aliphatic rings. The van der Waals surface area contributed by atoms with Crippen molar-refractivity contribution in [2.75, 3.05) is 5.32 Å². The number of hydrogen-bond donors (Lipinski definition) is 1. The zero-order valence-corrected chi connectivity index (χ0v) is 20.4. The number of benzene rings is 2. The molecule has 2 aromatic carbocycles. The van der Waals surface area contributed by atoms with Gasteiger partial charge in [0.25, 0.3) is 0 Å². The number of halogens is 1. The first kappa shape index (κ1) is 22.2. The number of nitrogens with zero attached hydrogens (tertiary/aromatic N) is 6. The number of hydrogen-bond acceptors (Lipinski definition) is 6. The van der Waals surface area contributed by atoms with E-state index >= 15 is 0 Å². The van der Waals surface area contributed by atoms with Gasteiger partial charge < -0.3 is 10.1 Å². The summed E-state index contributed by atoms with van der Waals surface area (Å²) in [6, 6.07) is 19.1. The Morgan fingerprint density at radius 2 is 1.89 bits per heavy atom. The van der Waals surface area contributed by atoms with E-state index < -0.39 is 0 Å². The van der Waals surface area contributed by atoms with Crippen LogP contribution < -0.4 is 10.1 Å². The molecule has 0 saturated carbocycles. The predicted molar refractivity (Wildman–Crippen MR) is 135 cm³/mol. The lowest BCUT2D eigenvalue weighted by atomic mass is 9.86. The molecule has 0 radical (unpaired) electrons. The van der Waals surface area contributed by atoms with Crippen LogP contribution in [-0.4, -0.2) is 35.5 Å². The first-order valence-corrected chi connectivity index (χ1v) is 11.9. The molecule has 1 aliphatic heterocycles. The molecule has 0 aliphatic carbocycles. The summed E-state index contributed by atoms with van der Waals surface area (Å²) in [6.07, 6.45) is 0.317. The Kier molecular flexibility index (Phi) is 5.41. The van der Waals surface area contributed by atoms with Crippen LogP contribution in [0.25, 0.3) is 11.5 Å². The van der Waals surface area contributed by atoms with E-state index in [0.717, 1.165) is 28.1 Å². The molecule has 3 aromatic heterocycles. The molecule has 5 aromatic rings. The highest BCUT2D eigenvalue weighted by Crippen LogP contribution is 2.40. The van der Waals surface area contributed by atoms with Crippen LogP contribution in [0.1, 0.15) is 40.5 Å². The van der Waals surface area contributed by atoms with Crippen molar-refractivity contribution >= 4 is 29.0 Å². The highest BCUT2D eigenvalue weighted by atomic mass is 35.5. The van der Waals surface area contributed by atoms with Crippen LogP contribution in [0.2, 0.25) is 5.02 Å². The molecule has 180 valence electrons. The van der Waals surface area contributed by atoms with Crippen LogP contribution in [0.4, 0.5) is 5.82 Å². The van der Waals surface area contributed by atoms with Crippen molar-refractivity contribution in [3.05, 3.63) is 93.9 Å². The molecule has 0 fully saturated rings. The van der Waals surface area contributed by atoms with E-state index in [1.165, 1.54) is 0 Å². The van der Waals surface area contributed by atoms with Gasteiger partial charge in [0.15, 0.2) is 17.3 Å². The topological polar surface area (TPSA) is 99.2 Å². The normalized spacial score (nSPS) is 15.1. The Hall–Kier alpha value is -4.24. The van der Waals surface area contributed by atoms with Gasteiger partial charge in [-0.1, -0.05) is 35.9 Å². The number of aryl methyl sites for hydroxylation is 2. The fraction of sp³-hybridized carbons (Fsp3) is 0.192. The molecule has 0 spiro atoms. The molecular weight excluding hydrogens is 478 g/mol. The number of ether oxygens (including phenoxy) is 1. The molecule has 10 heteroatoms. The number of carbonyl (C=O) groups is 1. The van der Waals surface area contributed by atoms with Crippen molar-refractivity contribution in [1.82, 2.24) is 29.6 Å². The Balaban J connectivity index is 1.34. The molecule has 36 heavy (non-hydrogen) atoms. The van der Waals surface area contributed by atoms with Crippen molar-refractivity contribution in [2.45, 2.75) is 32.8 Å². The smallest absolute Gasteiger partial charge is 0.226 e. The van der Waals surface area contributed by atoms with Crippen LogP contribution in [-0.2, 0) is 11.4 Å². The van der Waals surface area contributed by atoms with Crippen LogP contribution >= 0.6 is 11.6 Å². The van der Waals surface area contributed by atoms with Gasteiger partial charge in [-0.25, -0.2) is 0 Å². The lowest BCUT2D eigenvalue weighted by Gasteiger charge is -2.24. The Labute approximate surface area is 211 Å². The van der Waals surface area contributed by atoms with Crippen molar-refractivity contribution in [3.63, 3.8) is 0 Å². The van der Waals surface area contributed by atoms with Gasteiger partial charge in [0.05, 0.1) is 5.69 Å². The quantitative estimate of drug-likeness (QED) is 0.378. The molecule has 6 rings (SSSR count). The second-order valence-electron chi connectivity index (χ2n) is 8.76. The number of fused-ring (bicyclic) bond motifs is 2. The van der Waals surface area contributed by atoms with Gasteiger partial charge in [0, 0.05) is 22.9 Å².